The first-order chi connectivity index (χ1) is 9.58. The van der Waals surface area contributed by atoms with Gasteiger partial charge < -0.3 is 0 Å². The maximum Gasteiger partial charge on any atom is 0.155 e. The number of alkyl halides is 2. The Morgan fingerprint density at radius 2 is 1.52 bits per heavy atom. The van der Waals surface area contributed by atoms with Crippen molar-refractivity contribution in [2.45, 2.75) is 37.4 Å². The Hall–Kier alpha value is -0.320. The lowest BCUT2D eigenvalue weighted by Crippen LogP contribution is -2.37. The summed E-state index contributed by atoms with van der Waals surface area (Å²) < 4.78 is 36.8. The van der Waals surface area contributed by atoms with E-state index >= 15 is 0 Å². The monoisotopic (exact) mass is 354 g/mol. The van der Waals surface area contributed by atoms with Crippen LogP contribution >= 0.6 is 23.2 Å². The molecule has 120 valence electrons. The van der Waals surface area contributed by atoms with E-state index < -0.39 is 20.0 Å². The van der Waals surface area contributed by atoms with Crippen molar-refractivity contribution in [3.63, 3.8) is 0 Å². The van der Waals surface area contributed by atoms with Crippen LogP contribution in [-0.4, -0.2) is 30.7 Å². The second-order valence-electron chi connectivity index (χ2n) is 6.24. The third-order valence-corrected chi connectivity index (χ3v) is 7.38. The zero-order valence-corrected chi connectivity index (χ0v) is 14.8. The molecule has 21 heavy (non-hydrogen) atoms. The normalized spacial score (nSPS) is 13.4. The maximum absolute atomic E-state index is 13.1. The number of sulfone groups is 1. The standard InChI is InChI=1S/C15H21Cl2FO2S/c1-14(2,3)21(19,20)9-8-15(10-16,11-17)12-4-6-13(18)7-5-12/h4-7H,8-11H2,1-3H3. The number of rotatable bonds is 6. The molecule has 0 bridgehead atoms. The molecule has 0 amide bonds. The van der Waals surface area contributed by atoms with Crippen LogP contribution in [0.25, 0.3) is 0 Å². The van der Waals surface area contributed by atoms with Crippen molar-refractivity contribution < 1.29 is 12.8 Å². The van der Waals surface area contributed by atoms with E-state index in [1.54, 1.807) is 32.9 Å². The van der Waals surface area contributed by atoms with Gasteiger partial charge in [0.2, 0.25) is 0 Å². The molecule has 0 aliphatic rings. The third-order valence-electron chi connectivity index (χ3n) is 3.75. The highest BCUT2D eigenvalue weighted by Gasteiger charge is 2.36. The summed E-state index contributed by atoms with van der Waals surface area (Å²) in [5.74, 6) is 0.00999. The SMILES string of the molecule is CC(C)(C)S(=O)(=O)CCC(CCl)(CCl)c1ccc(F)cc1. The second kappa shape index (κ2) is 6.84. The van der Waals surface area contributed by atoms with Gasteiger partial charge in [0.25, 0.3) is 0 Å². The van der Waals surface area contributed by atoms with Gasteiger partial charge in [0, 0.05) is 17.2 Å². The average Bonchev–Trinajstić information content (AvgIpc) is 2.41. The Morgan fingerprint density at radius 1 is 1.05 bits per heavy atom. The molecule has 0 aliphatic carbocycles. The number of hydrogen-bond donors (Lipinski definition) is 0. The van der Waals surface area contributed by atoms with E-state index in [-0.39, 0.29) is 23.3 Å². The lowest BCUT2D eigenvalue weighted by molar-refractivity contribution is 0.501. The summed E-state index contributed by atoms with van der Waals surface area (Å²) in [6.45, 7) is 5.01. The number of benzene rings is 1. The Bertz CT molecular complexity index is 558. The predicted octanol–water partition coefficient (Wildman–Crippen LogP) is 4.14. The van der Waals surface area contributed by atoms with Crippen LogP contribution in [0.5, 0.6) is 0 Å². The first kappa shape index (κ1) is 18.7. The van der Waals surface area contributed by atoms with Crippen LogP contribution in [0.3, 0.4) is 0 Å². The van der Waals surface area contributed by atoms with Gasteiger partial charge in [-0.25, -0.2) is 12.8 Å². The smallest absolute Gasteiger partial charge is 0.155 e. The van der Waals surface area contributed by atoms with Crippen LogP contribution in [-0.2, 0) is 15.3 Å². The first-order valence-corrected chi connectivity index (χ1v) is 9.40. The second-order valence-corrected chi connectivity index (χ2v) is 9.63. The Labute approximate surface area is 136 Å². The molecular weight excluding hydrogens is 334 g/mol. The number of halogens is 3. The van der Waals surface area contributed by atoms with Crippen LogP contribution in [0, 0.1) is 5.82 Å². The van der Waals surface area contributed by atoms with E-state index in [4.69, 9.17) is 23.2 Å². The fourth-order valence-electron chi connectivity index (χ4n) is 1.91. The molecule has 0 spiro atoms. The molecule has 0 heterocycles. The van der Waals surface area contributed by atoms with Crippen molar-refractivity contribution in [3.05, 3.63) is 35.6 Å². The van der Waals surface area contributed by atoms with Crippen LogP contribution in [0.4, 0.5) is 4.39 Å². The minimum absolute atomic E-state index is 0.00663. The highest BCUT2D eigenvalue weighted by Crippen LogP contribution is 2.33. The zero-order chi connectivity index (χ0) is 16.3. The Balaban J connectivity index is 3.05. The largest absolute Gasteiger partial charge is 0.228 e. The summed E-state index contributed by atoms with van der Waals surface area (Å²) >= 11 is 12.1. The van der Waals surface area contributed by atoms with E-state index in [1.165, 1.54) is 12.1 Å². The van der Waals surface area contributed by atoms with E-state index in [2.05, 4.69) is 0 Å². The molecule has 2 nitrogen and oxygen atoms in total. The topological polar surface area (TPSA) is 34.1 Å². The molecule has 0 saturated heterocycles. The molecule has 0 unspecified atom stereocenters. The van der Waals surface area contributed by atoms with Crippen LogP contribution in [0.1, 0.15) is 32.8 Å². The van der Waals surface area contributed by atoms with Gasteiger partial charge in [-0.2, -0.15) is 0 Å². The van der Waals surface area contributed by atoms with E-state index in [9.17, 15) is 12.8 Å². The third kappa shape index (κ3) is 4.33. The molecule has 1 rings (SSSR count). The minimum atomic E-state index is -3.26. The molecule has 0 N–H and O–H groups in total. The van der Waals surface area contributed by atoms with E-state index in [1.807, 2.05) is 0 Å². The van der Waals surface area contributed by atoms with Crippen molar-refractivity contribution >= 4 is 33.0 Å². The van der Waals surface area contributed by atoms with Crippen molar-refractivity contribution in [1.82, 2.24) is 0 Å². The summed E-state index contributed by atoms with van der Waals surface area (Å²) in [6, 6.07) is 5.90. The minimum Gasteiger partial charge on any atom is -0.228 e. The van der Waals surface area contributed by atoms with Crippen LogP contribution in [0.15, 0.2) is 24.3 Å². The van der Waals surface area contributed by atoms with Gasteiger partial charge in [0.15, 0.2) is 9.84 Å². The van der Waals surface area contributed by atoms with Gasteiger partial charge in [-0.1, -0.05) is 12.1 Å². The molecule has 0 aromatic heterocycles. The van der Waals surface area contributed by atoms with Crippen molar-refractivity contribution in [2.75, 3.05) is 17.5 Å². The van der Waals surface area contributed by atoms with E-state index in [0.717, 1.165) is 5.56 Å². The van der Waals surface area contributed by atoms with Crippen molar-refractivity contribution in [1.29, 1.82) is 0 Å². The molecule has 0 saturated carbocycles. The summed E-state index contributed by atoms with van der Waals surface area (Å²) in [4.78, 5) is 0. The highest BCUT2D eigenvalue weighted by atomic mass is 35.5. The summed E-state index contributed by atoms with van der Waals surface area (Å²) in [6.07, 6.45) is 0.311. The van der Waals surface area contributed by atoms with Gasteiger partial charge in [-0.3, -0.25) is 0 Å². The zero-order valence-electron chi connectivity index (χ0n) is 12.5. The molecule has 0 radical (unpaired) electrons. The summed E-state index contributed by atoms with van der Waals surface area (Å²) in [5, 5.41) is 0. The van der Waals surface area contributed by atoms with Crippen LogP contribution in [0.2, 0.25) is 0 Å². The summed E-state index contributed by atoms with van der Waals surface area (Å²) in [5.41, 5.74) is 0.0905. The van der Waals surface area contributed by atoms with Gasteiger partial charge in [-0.15, -0.1) is 23.2 Å². The molecule has 6 heteroatoms. The lowest BCUT2D eigenvalue weighted by atomic mass is 9.82. The fraction of sp³-hybridized carbons (Fsp3) is 0.600. The van der Waals surface area contributed by atoms with Crippen LogP contribution < -0.4 is 0 Å². The number of hydrogen-bond acceptors (Lipinski definition) is 2. The Morgan fingerprint density at radius 3 is 1.90 bits per heavy atom. The summed E-state index contributed by atoms with van der Waals surface area (Å²) in [7, 11) is -3.26. The van der Waals surface area contributed by atoms with Gasteiger partial charge >= 0.3 is 0 Å². The lowest BCUT2D eigenvalue weighted by Gasteiger charge is -2.31. The van der Waals surface area contributed by atoms with Crippen molar-refractivity contribution in [2.24, 2.45) is 0 Å². The quantitative estimate of drug-likeness (QED) is 0.719. The molecule has 0 atom stereocenters. The van der Waals surface area contributed by atoms with Gasteiger partial charge in [0.1, 0.15) is 5.82 Å². The predicted molar refractivity (Wildman–Crippen MR) is 87.7 cm³/mol. The molecule has 1 aromatic carbocycles. The fourth-order valence-corrected chi connectivity index (χ4v) is 4.04. The molecule has 0 fully saturated rings. The average molecular weight is 355 g/mol. The van der Waals surface area contributed by atoms with Gasteiger partial charge in [0.05, 0.1) is 10.5 Å². The Kier molecular flexibility index (Phi) is 6.10. The molecule has 1 aromatic rings. The molecule has 0 aliphatic heterocycles. The molecular formula is C15H21Cl2FO2S. The highest BCUT2D eigenvalue weighted by molar-refractivity contribution is 7.92. The first-order valence-electron chi connectivity index (χ1n) is 6.68. The van der Waals surface area contributed by atoms with Gasteiger partial charge in [-0.05, 0) is 44.9 Å². The van der Waals surface area contributed by atoms with Crippen molar-refractivity contribution in [3.8, 4) is 0 Å². The maximum atomic E-state index is 13.1. The van der Waals surface area contributed by atoms with E-state index in [0.29, 0.717) is 6.42 Å².